The molecule has 0 aliphatic heterocycles. The molecule has 0 saturated carbocycles. The van der Waals surface area contributed by atoms with Crippen LogP contribution in [-0.2, 0) is 17.4 Å². The molecule has 0 aromatic rings. The van der Waals surface area contributed by atoms with Gasteiger partial charge in [-0.05, 0) is 0 Å². The van der Waals surface area contributed by atoms with E-state index in [1.807, 2.05) is 0 Å². The Balaban J connectivity index is 0. The van der Waals surface area contributed by atoms with Crippen LogP contribution in [0.25, 0.3) is 0 Å². The summed E-state index contributed by atoms with van der Waals surface area (Å²) in [6, 6.07) is 0. The Labute approximate surface area is 67.6 Å². The monoisotopic (exact) mass is 214 g/mol. The molecule has 18 N–H and O–H groups in total. The maximum Gasteiger partial charge on any atom is 3.00 e. The summed E-state index contributed by atoms with van der Waals surface area (Å²) in [7, 11) is 0. The van der Waals surface area contributed by atoms with Gasteiger partial charge in [0.1, 0.15) is 0 Å². The molecule has 1 radical (unpaired) electrons. The Morgan fingerprint density at radius 1 is 0.200 bits per heavy atom. The van der Waals surface area contributed by atoms with Gasteiger partial charge in [0.2, 0.25) is 0 Å². The van der Waals surface area contributed by atoms with Crippen molar-refractivity contribution in [2.24, 2.45) is 0 Å². The van der Waals surface area contributed by atoms with Gasteiger partial charge in [0, 0.05) is 0 Å². The molecule has 0 unspecified atom stereocenters. The molecule has 0 aromatic carbocycles. The van der Waals surface area contributed by atoms with Gasteiger partial charge in [-0.15, -0.1) is 0 Å². The quantitative estimate of drug-likeness (QED) is 0.362. The van der Waals surface area contributed by atoms with E-state index in [-0.39, 0.29) is 66.6 Å². The van der Waals surface area contributed by atoms with Crippen molar-refractivity contribution in [3.63, 3.8) is 0 Å². The fraction of sp³-hybridized carbons (Fsp3) is 0. The number of rotatable bonds is 0. The average molecular weight is 214 g/mol. The molecule has 0 aliphatic rings. The molecule has 0 bridgehead atoms. The van der Waals surface area contributed by atoms with Crippen LogP contribution in [0.2, 0.25) is 0 Å². The van der Waals surface area contributed by atoms with Crippen LogP contribution >= 0.6 is 0 Å². The van der Waals surface area contributed by atoms with Crippen LogP contribution in [0.1, 0.15) is 0 Å². The van der Waals surface area contributed by atoms with E-state index in [9.17, 15) is 0 Å². The molecular formula is H18CrO9+3. The van der Waals surface area contributed by atoms with Gasteiger partial charge >= 0.3 is 17.4 Å². The third kappa shape index (κ3) is 14100. The fourth-order valence-electron chi connectivity index (χ4n) is 0. The third-order valence-corrected chi connectivity index (χ3v) is 0. The summed E-state index contributed by atoms with van der Waals surface area (Å²) in [5, 5.41) is 0. The van der Waals surface area contributed by atoms with Gasteiger partial charge < -0.3 is 49.3 Å². The zero-order chi connectivity index (χ0) is 0. The first-order chi connectivity index (χ1) is 0. The van der Waals surface area contributed by atoms with Gasteiger partial charge in [0.05, 0.1) is 0 Å². The van der Waals surface area contributed by atoms with Gasteiger partial charge in [0.15, 0.2) is 0 Å². The minimum Gasteiger partial charge on any atom is -0.412 e. The molecule has 0 fully saturated rings. The Kier molecular flexibility index (Phi) is 59300000. The van der Waals surface area contributed by atoms with Gasteiger partial charge in [-0.3, -0.25) is 0 Å². The molecule has 0 spiro atoms. The summed E-state index contributed by atoms with van der Waals surface area (Å²) < 4.78 is 0. The first-order valence-corrected chi connectivity index (χ1v) is 0. The zero-order valence-electron chi connectivity index (χ0n) is 4.91. The Hall–Kier alpha value is 0.172. The Morgan fingerprint density at radius 3 is 0.200 bits per heavy atom. The van der Waals surface area contributed by atoms with Crippen molar-refractivity contribution in [3.05, 3.63) is 0 Å². The van der Waals surface area contributed by atoms with E-state index in [4.69, 9.17) is 0 Å². The van der Waals surface area contributed by atoms with Crippen molar-refractivity contribution < 1.29 is 66.6 Å². The smallest absolute Gasteiger partial charge is 0.412 e. The molecule has 0 saturated heterocycles. The van der Waals surface area contributed by atoms with Gasteiger partial charge in [0.25, 0.3) is 0 Å². The second-order valence-corrected chi connectivity index (χ2v) is 0. The normalized spacial score (nSPS) is 0. The average Bonchev–Trinajstić information content (AvgIpc) is 0. The van der Waals surface area contributed by atoms with Crippen LogP contribution in [0.3, 0.4) is 0 Å². The molecule has 0 atom stereocenters. The second kappa shape index (κ2) is 20600. The van der Waals surface area contributed by atoms with E-state index in [1.165, 1.54) is 0 Å². The van der Waals surface area contributed by atoms with Crippen LogP contribution in [0.15, 0.2) is 0 Å². The van der Waals surface area contributed by atoms with Crippen molar-refractivity contribution in [2.75, 3.05) is 0 Å². The number of hydrogen-bond acceptors (Lipinski definition) is 0. The van der Waals surface area contributed by atoms with Crippen molar-refractivity contribution in [1.29, 1.82) is 0 Å². The van der Waals surface area contributed by atoms with Gasteiger partial charge in [-0.2, -0.15) is 0 Å². The van der Waals surface area contributed by atoms with E-state index in [1.54, 1.807) is 0 Å². The summed E-state index contributed by atoms with van der Waals surface area (Å²) in [5.41, 5.74) is 0. The first kappa shape index (κ1) is 28800. The predicted molar refractivity (Wildman–Crippen MR) is 32.5 cm³/mol. The largest absolute Gasteiger partial charge is 3.00 e. The molecule has 0 amide bonds. The van der Waals surface area contributed by atoms with Crippen molar-refractivity contribution in [3.8, 4) is 0 Å². The van der Waals surface area contributed by atoms with Crippen LogP contribution in [0.4, 0.5) is 0 Å². The minimum atomic E-state index is 0. The molecule has 75 valence electrons. The Morgan fingerprint density at radius 2 is 0.200 bits per heavy atom. The van der Waals surface area contributed by atoms with Gasteiger partial charge in [-0.25, -0.2) is 0 Å². The SMILES string of the molecule is O.O.O.O.O.O.O.O.O.[Cr+3]. The predicted octanol–water partition coefficient (Wildman–Crippen LogP) is -7.42. The molecule has 0 heterocycles. The summed E-state index contributed by atoms with van der Waals surface area (Å²) in [5.74, 6) is 0. The summed E-state index contributed by atoms with van der Waals surface area (Å²) in [4.78, 5) is 0. The molecule has 0 aliphatic carbocycles. The van der Waals surface area contributed by atoms with Crippen LogP contribution < -0.4 is 0 Å². The zero-order valence-corrected chi connectivity index (χ0v) is 6.18. The van der Waals surface area contributed by atoms with E-state index >= 15 is 0 Å². The van der Waals surface area contributed by atoms with Crippen LogP contribution in [0.5, 0.6) is 0 Å². The minimum absolute atomic E-state index is 0. The van der Waals surface area contributed by atoms with Crippen molar-refractivity contribution in [2.45, 2.75) is 0 Å². The summed E-state index contributed by atoms with van der Waals surface area (Å²) in [6.07, 6.45) is 0. The molecule has 9 nitrogen and oxygen atoms in total. The number of hydrogen-bond donors (Lipinski definition) is 0. The summed E-state index contributed by atoms with van der Waals surface area (Å²) >= 11 is 0. The second-order valence-electron chi connectivity index (χ2n) is 0. The maximum absolute atomic E-state index is 0. The van der Waals surface area contributed by atoms with E-state index in [2.05, 4.69) is 0 Å². The van der Waals surface area contributed by atoms with Crippen molar-refractivity contribution in [1.82, 2.24) is 0 Å². The van der Waals surface area contributed by atoms with Crippen molar-refractivity contribution >= 4 is 0 Å². The maximum atomic E-state index is 0. The van der Waals surface area contributed by atoms with E-state index in [0.717, 1.165) is 0 Å². The molecule has 10 heavy (non-hydrogen) atoms. The molecule has 0 rings (SSSR count). The topological polar surface area (TPSA) is 284 Å². The first-order valence-electron chi connectivity index (χ1n) is 0. The third-order valence-electron chi connectivity index (χ3n) is 0. The molecule has 0 aromatic heterocycles. The van der Waals surface area contributed by atoms with Gasteiger partial charge in [-0.1, -0.05) is 0 Å². The summed E-state index contributed by atoms with van der Waals surface area (Å²) in [6.45, 7) is 0. The molecule has 10 heteroatoms. The fourth-order valence-corrected chi connectivity index (χ4v) is 0. The van der Waals surface area contributed by atoms with E-state index in [0.29, 0.717) is 0 Å². The Bertz CT molecular complexity index is 4.69. The standard InChI is InChI=1S/Cr.9H2O/h;9*1H2/q+3;;;;;;;;;. The van der Waals surface area contributed by atoms with Crippen LogP contribution in [0, 0.1) is 0 Å². The van der Waals surface area contributed by atoms with E-state index < -0.39 is 0 Å². The molecular weight excluding hydrogens is 196 g/mol. The van der Waals surface area contributed by atoms with Crippen LogP contribution in [-0.4, -0.2) is 49.3 Å².